The lowest BCUT2D eigenvalue weighted by Crippen LogP contribution is -2.13. The normalized spacial score (nSPS) is 11.5. The maximum atomic E-state index is 11.8. The van der Waals surface area contributed by atoms with Crippen molar-refractivity contribution in [1.82, 2.24) is 0 Å². The van der Waals surface area contributed by atoms with Crippen molar-refractivity contribution in [3.05, 3.63) is 0 Å². The minimum absolute atomic E-state index is 0.0181. The molecule has 24 heavy (non-hydrogen) atoms. The standard InChI is InChI=1S/C18H34O5S/c1-2-3-4-5-6-7-8-9-10-11-14-24(22,23)15-12-13-17(19)16-18(20)21/h2-16H2,1H3,(H,20,21). The number of carboxylic acids is 1. The number of carboxylic acid groups (broad SMARTS) is 1. The van der Waals surface area contributed by atoms with E-state index in [1.165, 1.54) is 44.9 Å². The van der Waals surface area contributed by atoms with Crippen LogP contribution in [0, 0.1) is 0 Å². The van der Waals surface area contributed by atoms with Crippen LogP contribution in [-0.4, -0.2) is 36.8 Å². The van der Waals surface area contributed by atoms with E-state index >= 15 is 0 Å². The van der Waals surface area contributed by atoms with Crippen LogP contribution in [0.2, 0.25) is 0 Å². The number of carbonyl (C=O) groups excluding carboxylic acids is 1. The molecule has 0 aliphatic carbocycles. The molecule has 6 heteroatoms. The fourth-order valence-electron chi connectivity index (χ4n) is 2.66. The number of aliphatic carboxylic acids is 1. The van der Waals surface area contributed by atoms with Gasteiger partial charge in [-0.05, 0) is 12.8 Å². The number of hydrogen-bond acceptors (Lipinski definition) is 4. The number of sulfone groups is 1. The minimum Gasteiger partial charge on any atom is -0.481 e. The topological polar surface area (TPSA) is 88.5 Å². The van der Waals surface area contributed by atoms with Crippen molar-refractivity contribution in [3.63, 3.8) is 0 Å². The average Bonchev–Trinajstić information content (AvgIpc) is 2.48. The Morgan fingerprint density at radius 1 is 0.750 bits per heavy atom. The molecule has 1 N–H and O–H groups in total. The Hall–Kier alpha value is -0.910. The van der Waals surface area contributed by atoms with Crippen molar-refractivity contribution < 1.29 is 23.1 Å². The smallest absolute Gasteiger partial charge is 0.310 e. The van der Waals surface area contributed by atoms with Gasteiger partial charge in [0.05, 0.1) is 11.5 Å². The quantitative estimate of drug-likeness (QED) is 0.310. The highest BCUT2D eigenvalue weighted by molar-refractivity contribution is 7.91. The van der Waals surface area contributed by atoms with Crippen LogP contribution in [0.15, 0.2) is 0 Å². The van der Waals surface area contributed by atoms with Crippen LogP contribution in [0.4, 0.5) is 0 Å². The number of Topliss-reactive ketones (excluding diaryl/α,β-unsaturated/α-hetero) is 1. The zero-order valence-corrected chi connectivity index (χ0v) is 15.9. The molecule has 0 aromatic rings. The Morgan fingerprint density at radius 2 is 1.21 bits per heavy atom. The van der Waals surface area contributed by atoms with Gasteiger partial charge < -0.3 is 5.11 Å². The van der Waals surface area contributed by atoms with Crippen molar-refractivity contribution >= 4 is 21.6 Å². The van der Waals surface area contributed by atoms with Crippen LogP contribution in [0.1, 0.15) is 90.4 Å². The number of carbonyl (C=O) groups is 2. The number of rotatable bonds is 17. The second-order valence-electron chi connectivity index (χ2n) is 6.55. The minimum atomic E-state index is -3.11. The maximum Gasteiger partial charge on any atom is 0.310 e. The third-order valence-electron chi connectivity index (χ3n) is 4.07. The molecule has 5 nitrogen and oxygen atoms in total. The summed E-state index contributed by atoms with van der Waals surface area (Å²) in [4.78, 5) is 21.6. The number of hydrogen-bond donors (Lipinski definition) is 1. The highest BCUT2D eigenvalue weighted by Crippen LogP contribution is 2.11. The largest absolute Gasteiger partial charge is 0.481 e. The van der Waals surface area contributed by atoms with E-state index in [-0.39, 0.29) is 24.3 Å². The maximum absolute atomic E-state index is 11.8. The van der Waals surface area contributed by atoms with Crippen LogP contribution < -0.4 is 0 Å². The molecule has 142 valence electrons. The molecule has 0 amide bonds. The van der Waals surface area contributed by atoms with Crippen molar-refractivity contribution in [2.75, 3.05) is 11.5 Å². The summed E-state index contributed by atoms with van der Waals surface area (Å²) in [5, 5.41) is 8.46. The van der Waals surface area contributed by atoms with Crippen molar-refractivity contribution in [1.29, 1.82) is 0 Å². The monoisotopic (exact) mass is 362 g/mol. The second-order valence-corrected chi connectivity index (χ2v) is 8.85. The van der Waals surface area contributed by atoms with Crippen LogP contribution in [0.5, 0.6) is 0 Å². The van der Waals surface area contributed by atoms with Gasteiger partial charge >= 0.3 is 5.97 Å². The molecule has 0 aromatic carbocycles. The van der Waals surface area contributed by atoms with Crippen LogP contribution >= 0.6 is 0 Å². The molecule has 0 fully saturated rings. The molecular weight excluding hydrogens is 328 g/mol. The third kappa shape index (κ3) is 16.0. The lowest BCUT2D eigenvalue weighted by Gasteiger charge is -2.05. The first-order chi connectivity index (χ1) is 11.4. The Labute approximate surface area is 147 Å². The predicted octanol–water partition coefficient (Wildman–Crippen LogP) is 4.15. The zero-order valence-electron chi connectivity index (χ0n) is 15.1. The summed E-state index contributed by atoms with van der Waals surface area (Å²) in [7, 11) is -3.11. The first-order valence-electron chi connectivity index (χ1n) is 9.31. The van der Waals surface area contributed by atoms with Gasteiger partial charge in [-0.25, -0.2) is 8.42 Å². The molecule has 0 heterocycles. The van der Waals surface area contributed by atoms with E-state index in [4.69, 9.17) is 5.11 Å². The summed E-state index contributed by atoms with van der Waals surface area (Å²) in [6, 6.07) is 0. The number of unbranched alkanes of at least 4 members (excludes halogenated alkanes) is 9. The Balaban J connectivity index is 3.54. The Bertz CT molecular complexity index is 442. The molecule has 0 aliphatic heterocycles. The van der Waals surface area contributed by atoms with Gasteiger partial charge in [-0.2, -0.15) is 0 Å². The van der Waals surface area contributed by atoms with Gasteiger partial charge in [0.15, 0.2) is 0 Å². The first-order valence-corrected chi connectivity index (χ1v) is 11.1. The summed E-state index contributed by atoms with van der Waals surface area (Å²) in [6.07, 6.45) is 11.4. The van der Waals surface area contributed by atoms with Crippen LogP contribution in [0.3, 0.4) is 0 Å². The molecule has 0 spiro atoms. The molecule has 0 bridgehead atoms. The van der Waals surface area contributed by atoms with Crippen molar-refractivity contribution in [2.45, 2.75) is 90.4 Å². The van der Waals surface area contributed by atoms with E-state index < -0.39 is 28.0 Å². The van der Waals surface area contributed by atoms with Gasteiger partial charge in [-0.15, -0.1) is 0 Å². The summed E-state index contributed by atoms with van der Waals surface area (Å²) in [5.41, 5.74) is 0. The highest BCUT2D eigenvalue weighted by Gasteiger charge is 2.13. The van der Waals surface area contributed by atoms with Gasteiger partial charge in [0, 0.05) is 6.42 Å². The van der Waals surface area contributed by atoms with Gasteiger partial charge in [0.2, 0.25) is 0 Å². The summed E-state index contributed by atoms with van der Waals surface area (Å²) >= 11 is 0. The fraction of sp³-hybridized carbons (Fsp3) is 0.889. The molecule has 0 saturated carbocycles. The SMILES string of the molecule is CCCCCCCCCCCCS(=O)(=O)CCCC(=O)CC(=O)O. The molecule has 0 atom stereocenters. The molecule has 0 aromatic heterocycles. The van der Waals surface area contributed by atoms with Gasteiger partial charge in [-0.1, -0.05) is 64.7 Å². The Kier molecular flexibility index (Phi) is 13.9. The third-order valence-corrected chi connectivity index (χ3v) is 5.89. The lowest BCUT2D eigenvalue weighted by molar-refractivity contribution is -0.140. The van der Waals surface area contributed by atoms with E-state index in [1.54, 1.807) is 0 Å². The van der Waals surface area contributed by atoms with E-state index in [0.29, 0.717) is 6.42 Å². The predicted molar refractivity (Wildman–Crippen MR) is 97.0 cm³/mol. The summed E-state index contributed by atoms with van der Waals surface area (Å²) in [5.74, 6) is -1.41. The molecular formula is C18H34O5S. The van der Waals surface area contributed by atoms with E-state index in [0.717, 1.165) is 12.8 Å². The van der Waals surface area contributed by atoms with E-state index in [1.807, 2.05) is 0 Å². The summed E-state index contributed by atoms with van der Waals surface area (Å²) in [6.45, 7) is 2.21. The molecule has 0 radical (unpaired) electrons. The average molecular weight is 363 g/mol. The zero-order chi connectivity index (χ0) is 18.3. The molecule has 0 saturated heterocycles. The molecule has 0 rings (SSSR count). The fourth-order valence-corrected chi connectivity index (χ4v) is 4.09. The van der Waals surface area contributed by atoms with E-state index in [9.17, 15) is 18.0 Å². The summed E-state index contributed by atoms with van der Waals surface area (Å²) < 4.78 is 23.7. The van der Waals surface area contributed by atoms with E-state index in [2.05, 4.69) is 6.92 Å². The number of ketones is 1. The van der Waals surface area contributed by atoms with Gasteiger partial charge in [0.1, 0.15) is 22.0 Å². The van der Waals surface area contributed by atoms with Crippen LogP contribution in [0.25, 0.3) is 0 Å². The van der Waals surface area contributed by atoms with Gasteiger partial charge in [-0.3, -0.25) is 9.59 Å². The lowest BCUT2D eigenvalue weighted by atomic mass is 10.1. The first kappa shape index (κ1) is 23.1. The van der Waals surface area contributed by atoms with Gasteiger partial charge in [0.25, 0.3) is 0 Å². The van der Waals surface area contributed by atoms with Crippen molar-refractivity contribution in [2.24, 2.45) is 0 Å². The van der Waals surface area contributed by atoms with Crippen LogP contribution in [-0.2, 0) is 19.4 Å². The van der Waals surface area contributed by atoms with Crippen molar-refractivity contribution in [3.8, 4) is 0 Å². The Morgan fingerprint density at radius 3 is 1.71 bits per heavy atom. The second kappa shape index (κ2) is 14.4. The highest BCUT2D eigenvalue weighted by atomic mass is 32.2. The molecule has 0 aliphatic rings. The molecule has 0 unspecified atom stereocenters.